The summed E-state index contributed by atoms with van der Waals surface area (Å²) in [4.78, 5) is 28.6. The van der Waals surface area contributed by atoms with Gasteiger partial charge in [-0.05, 0) is 42.0 Å². The monoisotopic (exact) mass is 423 g/mol. The molecule has 0 aliphatic carbocycles. The number of ether oxygens (including phenoxy) is 1. The molecular formula is C24H17N5O3. The first-order chi connectivity index (χ1) is 15.6. The number of rotatable bonds is 5. The zero-order chi connectivity index (χ0) is 22.5. The minimum atomic E-state index is -0.443. The number of carbonyl (C=O) groups is 2. The summed E-state index contributed by atoms with van der Waals surface area (Å²) in [6.07, 6.45) is 4.30. The highest BCUT2D eigenvalue weighted by molar-refractivity contribution is 6.02. The number of benzene rings is 2. The molecular weight excluding hydrogens is 406 g/mol. The maximum absolute atomic E-state index is 12.5. The Morgan fingerprint density at radius 2 is 1.88 bits per heavy atom. The number of hydrogen-bond acceptors (Lipinski definition) is 6. The molecule has 0 fully saturated rings. The molecule has 0 aliphatic heterocycles. The third kappa shape index (κ3) is 4.22. The Hall–Kier alpha value is -4.77. The Balaban J connectivity index is 1.56. The first kappa shape index (κ1) is 20.5. The van der Waals surface area contributed by atoms with E-state index in [9.17, 15) is 14.9 Å². The lowest BCUT2D eigenvalue weighted by atomic mass is 10.1. The molecule has 1 amide bonds. The molecule has 2 aromatic heterocycles. The SMILES string of the molecule is COC(=O)c1ccc(/C=C/C(=O)Nc2c(C#N)cnn2-c2ccc3ccccc3n2)cc1. The standard InChI is InChI=1S/C24H17N5O3/c1-32-24(31)18-9-6-16(7-10-18)8-13-22(30)28-23-19(14-25)15-26-29(23)21-12-11-17-4-2-3-5-20(17)27-21/h2-13,15H,1H3,(H,28,30)/b13-8+. The van der Waals surface area contributed by atoms with Crippen LogP contribution in [0.25, 0.3) is 22.8 Å². The topological polar surface area (TPSA) is 110 Å². The highest BCUT2D eigenvalue weighted by atomic mass is 16.5. The van der Waals surface area contributed by atoms with Crippen LogP contribution in [0.5, 0.6) is 0 Å². The molecule has 8 nitrogen and oxygen atoms in total. The van der Waals surface area contributed by atoms with Gasteiger partial charge in [0.05, 0.1) is 24.4 Å². The van der Waals surface area contributed by atoms with Crippen molar-refractivity contribution in [3.8, 4) is 11.9 Å². The van der Waals surface area contributed by atoms with E-state index in [1.807, 2.05) is 36.4 Å². The summed E-state index contributed by atoms with van der Waals surface area (Å²) >= 11 is 0. The van der Waals surface area contributed by atoms with Gasteiger partial charge in [0, 0.05) is 11.5 Å². The lowest BCUT2D eigenvalue weighted by molar-refractivity contribution is -0.111. The van der Waals surface area contributed by atoms with Gasteiger partial charge in [0.1, 0.15) is 11.6 Å². The number of nitrogens with one attached hydrogen (secondary N) is 1. The Labute approximate surface area is 183 Å². The van der Waals surface area contributed by atoms with Gasteiger partial charge in [-0.15, -0.1) is 0 Å². The van der Waals surface area contributed by atoms with E-state index in [1.54, 1.807) is 36.4 Å². The van der Waals surface area contributed by atoms with Crippen LogP contribution in [0.15, 0.2) is 72.9 Å². The van der Waals surface area contributed by atoms with E-state index in [4.69, 9.17) is 0 Å². The molecule has 156 valence electrons. The van der Waals surface area contributed by atoms with E-state index in [1.165, 1.54) is 24.1 Å². The molecule has 2 aromatic carbocycles. The largest absolute Gasteiger partial charge is 0.465 e. The molecule has 0 atom stereocenters. The zero-order valence-electron chi connectivity index (χ0n) is 17.0. The van der Waals surface area contributed by atoms with Gasteiger partial charge in [0.15, 0.2) is 11.6 Å². The summed E-state index contributed by atoms with van der Waals surface area (Å²) < 4.78 is 6.08. The van der Waals surface area contributed by atoms with Gasteiger partial charge in [-0.3, -0.25) is 4.79 Å². The molecule has 4 aromatic rings. The van der Waals surface area contributed by atoms with Gasteiger partial charge in [-0.25, -0.2) is 9.78 Å². The van der Waals surface area contributed by atoms with Gasteiger partial charge < -0.3 is 10.1 Å². The predicted molar refractivity (Wildman–Crippen MR) is 119 cm³/mol. The first-order valence-electron chi connectivity index (χ1n) is 9.61. The van der Waals surface area contributed by atoms with Gasteiger partial charge in [0.2, 0.25) is 5.91 Å². The molecule has 4 rings (SSSR count). The number of fused-ring (bicyclic) bond motifs is 1. The maximum atomic E-state index is 12.5. The minimum absolute atomic E-state index is 0.212. The fourth-order valence-corrected chi connectivity index (χ4v) is 3.08. The van der Waals surface area contributed by atoms with Crippen LogP contribution in [-0.2, 0) is 9.53 Å². The normalized spacial score (nSPS) is 10.8. The van der Waals surface area contributed by atoms with Gasteiger partial charge >= 0.3 is 5.97 Å². The second-order valence-corrected chi connectivity index (χ2v) is 6.73. The van der Waals surface area contributed by atoms with E-state index in [2.05, 4.69) is 20.1 Å². The Bertz CT molecular complexity index is 1380. The van der Waals surface area contributed by atoms with Crippen molar-refractivity contribution >= 4 is 34.7 Å². The lowest BCUT2D eigenvalue weighted by Gasteiger charge is -2.08. The summed E-state index contributed by atoms with van der Waals surface area (Å²) in [5.41, 5.74) is 2.12. The van der Waals surface area contributed by atoms with Crippen molar-refractivity contribution in [1.82, 2.24) is 14.8 Å². The van der Waals surface area contributed by atoms with Crippen molar-refractivity contribution in [3.05, 3.63) is 89.6 Å². The number of nitrogens with zero attached hydrogens (tertiary/aromatic N) is 4. The summed E-state index contributed by atoms with van der Waals surface area (Å²) in [6, 6.07) is 19.9. The van der Waals surface area contributed by atoms with Crippen molar-refractivity contribution in [3.63, 3.8) is 0 Å². The molecule has 8 heteroatoms. The van der Waals surface area contributed by atoms with Crippen LogP contribution >= 0.6 is 0 Å². The Morgan fingerprint density at radius 3 is 2.62 bits per heavy atom. The van der Waals surface area contributed by atoms with Crippen molar-refractivity contribution in [2.75, 3.05) is 12.4 Å². The maximum Gasteiger partial charge on any atom is 0.337 e. The Kier molecular flexibility index (Phi) is 5.72. The minimum Gasteiger partial charge on any atom is -0.465 e. The van der Waals surface area contributed by atoms with Gasteiger partial charge in [-0.1, -0.05) is 30.3 Å². The molecule has 0 radical (unpaired) electrons. The average Bonchev–Trinajstić information content (AvgIpc) is 3.24. The smallest absolute Gasteiger partial charge is 0.337 e. The molecule has 2 heterocycles. The number of pyridine rings is 1. The highest BCUT2D eigenvalue weighted by Crippen LogP contribution is 2.21. The number of carbonyl (C=O) groups excluding carboxylic acids is 2. The number of anilines is 1. The summed E-state index contributed by atoms with van der Waals surface area (Å²) in [5.74, 6) is -0.173. The first-order valence-corrected chi connectivity index (χ1v) is 9.61. The average molecular weight is 423 g/mol. The molecule has 0 saturated heterocycles. The van der Waals surface area contributed by atoms with Crippen molar-refractivity contribution in [1.29, 1.82) is 5.26 Å². The van der Waals surface area contributed by atoms with E-state index in [0.717, 1.165) is 16.5 Å². The lowest BCUT2D eigenvalue weighted by Crippen LogP contribution is -2.14. The third-order valence-corrected chi connectivity index (χ3v) is 4.69. The van der Waals surface area contributed by atoms with Crippen LogP contribution in [-0.4, -0.2) is 33.8 Å². The number of para-hydroxylation sites is 1. The molecule has 32 heavy (non-hydrogen) atoms. The van der Waals surface area contributed by atoms with Gasteiger partial charge in [0.25, 0.3) is 0 Å². The molecule has 0 bridgehead atoms. The fourth-order valence-electron chi connectivity index (χ4n) is 3.08. The number of hydrogen-bond donors (Lipinski definition) is 1. The van der Waals surface area contributed by atoms with Crippen molar-refractivity contribution < 1.29 is 14.3 Å². The van der Waals surface area contributed by atoms with E-state index in [-0.39, 0.29) is 11.4 Å². The highest BCUT2D eigenvalue weighted by Gasteiger charge is 2.15. The van der Waals surface area contributed by atoms with E-state index < -0.39 is 11.9 Å². The van der Waals surface area contributed by atoms with Crippen LogP contribution in [0, 0.1) is 11.3 Å². The second-order valence-electron chi connectivity index (χ2n) is 6.73. The zero-order valence-corrected chi connectivity index (χ0v) is 17.0. The van der Waals surface area contributed by atoms with Crippen LogP contribution in [0.4, 0.5) is 5.82 Å². The van der Waals surface area contributed by atoms with Crippen LogP contribution in [0.1, 0.15) is 21.5 Å². The molecule has 0 spiro atoms. The quantitative estimate of drug-likeness (QED) is 0.387. The molecule has 0 unspecified atom stereocenters. The number of methoxy groups -OCH3 is 1. The van der Waals surface area contributed by atoms with Gasteiger partial charge in [-0.2, -0.15) is 15.0 Å². The Morgan fingerprint density at radius 1 is 1.09 bits per heavy atom. The van der Waals surface area contributed by atoms with E-state index in [0.29, 0.717) is 11.4 Å². The predicted octanol–water partition coefficient (Wildman–Crippen LogP) is 3.73. The fraction of sp³-hybridized carbons (Fsp3) is 0.0417. The van der Waals surface area contributed by atoms with Crippen molar-refractivity contribution in [2.24, 2.45) is 0 Å². The van der Waals surface area contributed by atoms with E-state index >= 15 is 0 Å². The number of aromatic nitrogens is 3. The summed E-state index contributed by atoms with van der Waals surface area (Å²) in [6.45, 7) is 0. The molecule has 1 N–H and O–H groups in total. The van der Waals surface area contributed by atoms with Crippen LogP contribution in [0.2, 0.25) is 0 Å². The number of esters is 1. The third-order valence-electron chi connectivity index (χ3n) is 4.69. The summed E-state index contributed by atoms with van der Waals surface area (Å²) in [7, 11) is 1.31. The number of nitriles is 1. The summed E-state index contributed by atoms with van der Waals surface area (Å²) in [5, 5.41) is 17.3. The number of amides is 1. The van der Waals surface area contributed by atoms with Crippen molar-refractivity contribution in [2.45, 2.75) is 0 Å². The molecule has 0 saturated carbocycles. The second kappa shape index (κ2) is 8.93. The van der Waals surface area contributed by atoms with Crippen LogP contribution in [0.3, 0.4) is 0 Å². The molecule has 0 aliphatic rings. The van der Waals surface area contributed by atoms with Crippen LogP contribution < -0.4 is 5.32 Å².